The molecule has 0 saturated carbocycles. The number of thiophene rings is 1. The monoisotopic (exact) mass is 368 g/mol. The maximum absolute atomic E-state index is 10.7. The van der Waals surface area contributed by atoms with Crippen molar-refractivity contribution >= 4 is 39.0 Å². The highest BCUT2D eigenvalue weighted by atomic mass is 79.9. The first-order chi connectivity index (χ1) is 9.56. The summed E-state index contributed by atoms with van der Waals surface area (Å²) in [5, 5.41) is 10.7. The van der Waals surface area contributed by atoms with Crippen LogP contribution in [-0.2, 0) is 12.2 Å². The third-order valence-corrected chi connectivity index (χ3v) is 6.91. The van der Waals surface area contributed by atoms with E-state index in [0.717, 1.165) is 32.7 Å². The number of benzene rings is 1. The molecule has 1 atom stereocenters. The van der Waals surface area contributed by atoms with Gasteiger partial charge in [-0.15, -0.1) is 11.3 Å². The molecule has 1 N–H and O–H groups in total. The largest absolute Gasteiger partial charge is 0.383 e. The fraction of sp³-hybridized carbons (Fsp3) is 0.375. The molecule has 1 nitrogen and oxygen atoms in total. The number of aliphatic hydroxyl groups excluding tert-OH is 1. The molecule has 0 bridgehead atoms. The van der Waals surface area contributed by atoms with Crippen LogP contribution >= 0.6 is 39.0 Å². The summed E-state index contributed by atoms with van der Waals surface area (Å²) in [6.07, 6.45) is 0.651. The zero-order valence-corrected chi connectivity index (χ0v) is 14.8. The van der Waals surface area contributed by atoms with Gasteiger partial charge in [0.05, 0.1) is 0 Å². The van der Waals surface area contributed by atoms with E-state index in [1.54, 1.807) is 11.3 Å². The van der Waals surface area contributed by atoms with Crippen molar-refractivity contribution in [2.45, 2.75) is 32.1 Å². The lowest BCUT2D eigenvalue weighted by molar-refractivity contribution is 0.223. The van der Waals surface area contributed by atoms with Crippen LogP contribution in [-0.4, -0.2) is 10.9 Å². The number of aryl methyl sites for hydroxylation is 3. The van der Waals surface area contributed by atoms with Gasteiger partial charge in [0, 0.05) is 20.0 Å². The quantitative estimate of drug-likeness (QED) is 0.804. The predicted octanol–water partition coefficient (Wildman–Crippen LogP) is 5.00. The fourth-order valence-electron chi connectivity index (χ4n) is 2.56. The van der Waals surface area contributed by atoms with E-state index in [-0.39, 0.29) is 0 Å². The molecule has 0 amide bonds. The van der Waals surface area contributed by atoms with Gasteiger partial charge in [-0.25, -0.2) is 0 Å². The van der Waals surface area contributed by atoms with E-state index in [4.69, 9.17) is 0 Å². The van der Waals surface area contributed by atoms with Crippen LogP contribution in [0.25, 0.3) is 0 Å². The molecule has 2 aromatic rings. The molecule has 0 fully saturated rings. The molecular weight excluding hydrogens is 352 g/mol. The highest BCUT2D eigenvalue weighted by Gasteiger charge is 2.20. The lowest BCUT2D eigenvalue weighted by atomic mass is 9.99. The summed E-state index contributed by atoms with van der Waals surface area (Å²) < 4.78 is 1.10. The van der Waals surface area contributed by atoms with Gasteiger partial charge in [-0.1, -0.05) is 22.0 Å². The Bertz CT molecular complexity index is 625. The minimum absolute atomic E-state index is 0.498. The second kappa shape index (κ2) is 5.84. The average molecular weight is 369 g/mol. The van der Waals surface area contributed by atoms with E-state index < -0.39 is 6.10 Å². The molecule has 1 unspecified atom stereocenters. The third-order valence-electron chi connectivity index (χ3n) is 3.76. The van der Waals surface area contributed by atoms with Gasteiger partial charge in [0.15, 0.2) is 0 Å². The van der Waals surface area contributed by atoms with E-state index in [1.807, 2.05) is 11.8 Å². The Morgan fingerprint density at radius 3 is 2.75 bits per heavy atom. The molecule has 1 aliphatic heterocycles. The Balaban J connectivity index is 1.98. The van der Waals surface area contributed by atoms with Gasteiger partial charge < -0.3 is 5.11 Å². The Morgan fingerprint density at radius 2 is 2.00 bits per heavy atom. The van der Waals surface area contributed by atoms with Crippen LogP contribution in [0.5, 0.6) is 0 Å². The lowest BCUT2D eigenvalue weighted by Crippen LogP contribution is -2.01. The molecule has 4 heteroatoms. The molecular formula is C16H17BrOS2. The number of rotatable bonds is 2. The van der Waals surface area contributed by atoms with Gasteiger partial charge >= 0.3 is 0 Å². The first kappa shape index (κ1) is 14.6. The van der Waals surface area contributed by atoms with Crippen molar-refractivity contribution < 1.29 is 5.11 Å². The molecule has 0 saturated heterocycles. The van der Waals surface area contributed by atoms with Gasteiger partial charge in [0.25, 0.3) is 0 Å². The molecule has 1 aromatic heterocycles. The minimum atomic E-state index is -0.498. The summed E-state index contributed by atoms with van der Waals surface area (Å²) >= 11 is 7.32. The van der Waals surface area contributed by atoms with Gasteiger partial charge in [-0.05, 0) is 60.4 Å². The SMILES string of the molecule is Cc1cc(C(O)c2cc3c(s2)CCSC3)c(C)cc1Br. The summed E-state index contributed by atoms with van der Waals surface area (Å²) in [5.41, 5.74) is 4.75. The second-order valence-electron chi connectivity index (χ2n) is 5.26. The molecule has 0 aliphatic carbocycles. The normalized spacial score (nSPS) is 16.0. The zero-order chi connectivity index (χ0) is 14.3. The molecule has 0 spiro atoms. The Morgan fingerprint density at radius 1 is 1.20 bits per heavy atom. The van der Waals surface area contributed by atoms with Crippen molar-refractivity contribution in [3.05, 3.63) is 54.7 Å². The Labute approximate surface area is 136 Å². The van der Waals surface area contributed by atoms with Crippen LogP contribution in [0, 0.1) is 13.8 Å². The van der Waals surface area contributed by atoms with Crippen molar-refractivity contribution in [3.63, 3.8) is 0 Å². The number of hydrogen-bond donors (Lipinski definition) is 1. The molecule has 106 valence electrons. The van der Waals surface area contributed by atoms with E-state index in [1.165, 1.54) is 21.8 Å². The first-order valence-corrected chi connectivity index (χ1v) is 9.46. The number of hydrogen-bond acceptors (Lipinski definition) is 3. The van der Waals surface area contributed by atoms with E-state index >= 15 is 0 Å². The second-order valence-corrected chi connectivity index (χ2v) is 8.39. The Hall–Kier alpha value is -0.290. The van der Waals surface area contributed by atoms with Crippen LogP contribution in [0.1, 0.15) is 38.1 Å². The summed E-state index contributed by atoms with van der Waals surface area (Å²) in [5.74, 6) is 2.30. The molecule has 1 aromatic carbocycles. The molecule has 2 heterocycles. The van der Waals surface area contributed by atoms with Crippen molar-refractivity contribution in [1.82, 2.24) is 0 Å². The summed E-state index contributed by atoms with van der Waals surface area (Å²) in [6, 6.07) is 6.39. The van der Waals surface area contributed by atoms with Crippen LogP contribution in [0.15, 0.2) is 22.7 Å². The lowest BCUT2D eigenvalue weighted by Gasteiger charge is -2.14. The van der Waals surface area contributed by atoms with E-state index in [0.29, 0.717) is 0 Å². The van der Waals surface area contributed by atoms with Crippen molar-refractivity contribution in [2.75, 3.05) is 5.75 Å². The molecule has 0 radical (unpaired) electrons. The highest BCUT2D eigenvalue weighted by Crippen LogP contribution is 2.38. The topological polar surface area (TPSA) is 20.2 Å². The Kier molecular flexibility index (Phi) is 4.27. The first-order valence-electron chi connectivity index (χ1n) is 6.70. The fourth-order valence-corrected chi connectivity index (χ4v) is 5.40. The number of thioether (sulfide) groups is 1. The number of fused-ring (bicyclic) bond motifs is 1. The number of aliphatic hydroxyl groups is 1. The highest BCUT2D eigenvalue weighted by molar-refractivity contribution is 9.10. The van der Waals surface area contributed by atoms with Crippen molar-refractivity contribution in [1.29, 1.82) is 0 Å². The van der Waals surface area contributed by atoms with Crippen LogP contribution in [0.4, 0.5) is 0 Å². The predicted molar refractivity (Wildman–Crippen MR) is 91.9 cm³/mol. The summed E-state index contributed by atoms with van der Waals surface area (Å²) in [6.45, 7) is 4.13. The maximum atomic E-state index is 10.7. The van der Waals surface area contributed by atoms with Crippen LogP contribution in [0.3, 0.4) is 0 Å². The van der Waals surface area contributed by atoms with Gasteiger partial charge in [-0.2, -0.15) is 11.8 Å². The van der Waals surface area contributed by atoms with Crippen molar-refractivity contribution in [3.8, 4) is 0 Å². The smallest absolute Gasteiger partial charge is 0.113 e. The minimum Gasteiger partial charge on any atom is -0.383 e. The third kappa shape index (κ3) is 2.71. The van der Waals surface area contributed by atoms with Gasteiger partial charge in [0.2, 0.25) is 0 Å². The van der Waals surface area contributed by atoms with Gasteiger partial charge in [0.1, 0.15) is 6.10 Å². The van der Waals surface area contributed by atoms with Crippen LogP contribution in [0.2, 0.25) is 0 Å². The standard InChI is InChI=1S/C16H17BrOS2/c1-9-6-13(17)10(2)5-12(9)16(18)15-7-11-8-19-4-3-14(11)20-15/h5-7,16,18H,3-4,8H2,1-2H3. The van der Waals surface area contributed by atoms with Crippen molar-refractivity contribution in [2.24, 2.45) is 0 Å². The maximum Gasteiger partial charge on any atom is 0.113 e. The average Bonchev–Trinajstić information content (AvgIpc) is 2.86. The summed E-state index contributed by atoms with van der Waals surface area (Å²) in [7, 11) is 0. The van der Waals surface area contributed by atoms with Crippen LogP contribution < -0.4 is 0 Å². The van der Waals surface area contributed by atoms with E-state index in [2.05, 4.69) is 48.0 Å². The summed E-state index contributed by atoms with van der Waals surface area (Å²) in [4.78, 5) is 2.55. The molecule has 3 rings (SSSR count). The van der Waals surface area contributed by atoms with Gasteiger partial charge in [-0.3, -0.25) is 0 Å². The molecule has 1 aliphatic rings. The molecule has 20 heavy (non-hydrogen) atoms. The van der Waals surface area contributed by atoms with E-state index in [9.17, 15) is 5.11 Å². The number of halogens is 1. The zero-order valence-electron chi connectivity index (χ0n) is 11.6.